The van der Waals surface area contributed by atoms with Gasteiger partial charge < -0.3 is 4.90 Å². The summed E-state index contributed by atoms with van der Waals surface area (Å²) >= 11 is 5.71. The summed E-state index contributed by atoms with van der Waals surface area (Å²) in [4.78, 5) is 32.1. The number of nitrogens with one attached hydrogen (secondary N) is 1. The zero-order chi connectivity index (χ0) is 16.0. The molecule has 2 aromatic rings. The first-order valence-corrected chi connectivity index (χ1v) is 6.87. The Morgan fingerprint density at radius 1 is 1.41 bits per heavy atom. The second-order valence-corrected chi connectivity index (χ2v) is 5.43. The van der Waals surface area contributed by atoms with E-state index < -0.39 is 22.2 Å². The maximum atomic E-state index is 13.6. The minimum absolute atomic E-state index is 0.0226. The SMILES string of the molecule is CC1=CCN(C)C=C1n1c(=O)[nH]c(=O)c2cc(F)c(Cl)nc21. The number of fused-ring (bicyclic) bond motifs is 1. The van der Waals surface area contributed by atoms with Crippen molar-refractivity contribution in [2.75, 3.05) is 13.6 Å². The van der Waals surface area contributed by atoms with Crippen molar-refractivity contribution in [3.63, 3.8) is 0 Å². The van der Waals surface area contributed by atoms with Crippen LogP contribution in [0.5, 0.6) is 0 Å². The molecule has 114 valence electrons. The normalized spacial score (nSPS) is 15.0. The van der Waals surface area contributed by atoms with Gasteiger partial charge in [-0.3, -0.25) is 9.78 Å². The molecule has 6 nitrogen and oxygen atoms in total. The fourth-order valence-electron chi connectivity index (χ4n) is 2.32. The molecule has 0 spiro atoms. The lowest BCUT2D eigenvalue weighted by atomic mass is 10.1. The Bertz CT molecular complexity index is 958. The van der Waals surface area contributed by atoms with Crippen molar-refractivity contribution in [2.45, 2.75) is 6.92 Å². The van der Waals surface area contributed by atoms with E-state index in [4.69, 9.17) is 11.6 Å². The molecular formula is C14H12ClFN4O2. The molecule has 3 rings (SSSR count). The molecule has 1 aliphatic heterocycles. The zero-order valence-electron chi connectivity index (χ0n) is 11.9. The van der Waals surface area contributed by atoms with Crippen LogP contribution >= 0.6 is 11.6 Å². The van der Waals surface area contributed by atoms with E-state index in [9.17, 15) is 14.0 Å². The quantitative estimate of drug-likeness (QED) is 0.809. The fraction of sp³-hybridized carbons (Fsp3) is 0.214. The summed E-state index contributed by atoms with van der Waals surface area (Å²) in [5.41, 5.74) is 0.0631. The molecule has 0 unspecified atom stereocenters. The maximum absolute atomic E-state index is 13.6. The molecule has 0 radical (unpaired) electrons. The first kappa shape index (κ1) is 14.5. The lowest BCUT2D eigenvalue weighted by molar-refractivity contribution is 0.501. The second kappa shape index (κ2) is 5.10. The number of pyridine rings is 1. The number of halogens is 2. The van der Waals surface area contributed by atoms with Gasteiger partial charge in [0.15, 0.2) is 16.6 Å². The van der Waals surface area contributed by atoms with Gasteiger partial charge in [0.25, 0.3) is 5.56 Å². The monoisotopic (exact) mass is 322 g/mol. The first-order valence-electron chi connectivity index (χ1n) is 6.49. The van der Waals surface area contributed by atoms with Crippen molar-refractivity contribution in [3.8, 4) is 0 Å². The summed E-state index contributed by atoms with van der Waals surface area (Å²) in [6.07, 6.45) is 3.69. The number of hydrogen-bond acceptors (Lipinski definition) is 4. The molecule has 0 saturated heterocycles. The van der Waals surface area contributed by atoms with Crippen LogP contribution in [0.1, 0.15) is 6.92 Å². The molecule has 3 heterocycles. The van der Waals surface area contributed by atoms with Gasteiger partial charge in [0.05, 0.1) is 11.1 Å². The summed E-state index contributed by atoms with van der Waals surface area (Å²) in [7, 11) is 1.85. The van der Waals surface area contributed by atoms with Crippen molar-refractivity contribution < 1.29 is 4.39 Å². The van der Waals surface area contributed by atoms with Crippen LogP contribution in [0.3, 0.4) is 0 Å². The van der Waals surface area contributed by atoms with E-state index in [-0.39, 0.29) is 11.0 Å². The van der Waals surface area contributed by atoms with Crippen LogP contribution in [0.2, 0.25) is 5.15 Å². The lowest BCUT2D eigenvalue weighted by Gasteiger charge is -2.22. The Morgan fingerprint density at radius 2 is 2.14 bits per heavy atom. The number of likely N-dealkylation sites (N-methyl/N-ethyl adjacent to an activating group) is 1. The Labute approximate surface area is 129 Å². The van der Waals surface area contributed by atoms with E-state index in [0.29, 0.717) is 12.2 Å². The van der Waals surface area contributed by atoms with E-state index in [1.165, 1.54) is 4.57 Å². The van der Waals surface area contributed by atoms with Crippen molar-refractivity contribution in [3.05, 3.63) is 55.7 Å². The average Bonchev–Trinajstić information content (AvgIpc) is 2.45. The number of H-pyrrole nitrogens is 1. The van der Waals surface area contributed by atoms with E-state index in [1.54, 1.807) is 6.20 Å². The number of nitrogens with zero attached hydrogens (tertiary/aromatic N) is 3. The Hall–Kier alpha value is -2.41. The van der Waals surface area contributed by atoms with Gasteiger partial charge in [-0.25, -0.2) is 18.7 Å². The molecule has 0 aliphatic carbocycles. The van der Waals surface area contributed by atoms with E-state index in [2.05, 4.69) is 9.97 Å². The molecule has 0 atom stereocenters. The number of hydrogen-bond donors (Lipinski definition) is 1. The van der Waals surface area contributed by atoms with Crippen LogP contribution in [0.4, 0.5) is 4.39 Å². The highest BCUT2D eigenvalue weighted by Gasteiger charge is 2.18. The summed E-state index contributed by atoms with van der Waals surface area (Å²) in [6, 6.07) is 0.978. The van der Waals surface area contributed by atoms with Crippen LogP contribution in [0, 0.1) is 5.82 Å². The molecule has 22 heavy (non-hydrogen) atoms. The topological polar surface area (TPSA) is 71.0 Å². The highest BCUT2D eigenvalue weighted by molar-refractivity contribution is 6.29. The number of rotatable bonds is 1. The molecular weight excluding hydrogens is 311 g/mol. The van der Waals surface area contributed by atoms with Crippen LogP contribution < -0.4 is 11.2 Å². The van der Waals surface area contributed by atoms with Gasteiger partial charge in [-0.2, -0.15) is 0 Å². The van der Waals surface area contributed by atoms with Gasteiger partial charge in [0, 0.05) is 19.8 Å². The van der Waals surface area contributed by atoms with Crippen LogP contribution in [-0.4, -0.2) is 33.0 Å². The zero-order valence-corrected chi connectivity index (χ0v) is 12.6. The van der Waals surface area contributed by atoms with E-state index in [0.717, 1.165) is 11.6 Å². The highest BCUT2D eigenvalue weighted by Crippen LogP contribution is 2.23. The summed E-state index contributed by atoms with van der Waals surface area (Å²) in [6.45, 7) is 2.54. The Kier molecular flexibility index (Phi) is 3.37. The van der Waals surface area contributed by atoms with Gasteiger partial charge >= 0.3 is 5.69 Å². The first-order chi connectivity index (χ1) is 10.4. The summed E-state index contributed by atoms with van der Waals surface area (Å²) in [5, 5.41) is -0.430. The van der Waals surface area contributed by atoms with Crippen molar-refractivity contribution in [1.29, 1.82) is 0 Å². The van der Waals surface area contributed by atoms with Crippen molar-refractivity contribution in [1.82, 2.24) is 19.4 Å². The average molecular weight is 323 g/mol. The van der Waals surface area contributed by atoms with Gasteiger partial charge in [-0.05, 0) is 18.6 Å². The van der Waals surface area contributed by atoms with Crippen LogP contribution in [0.15, 0.2) is 33.5 Å². The molecule has 0 amide bonds. The predicted molar refractivity (Wildman–Crippen MR) is 82.3 cm³/mol. The number of aromatic nitrogens is 3. The molecule has 8 heteroatoms. The second-order valence-electron chi connectivity index (χ2n) is 5.07. The Morgan fingerprint density at radius 3 is 2.86 bits per heavy atom. The largest absolute Gasteiger partial charge is 0.375 e. The molecule has 0 saturated carbocycles. The lowest BCUT2D eigenvalue weighted by Crippen LogP contribution is -2.32. The van der Waals surface area contributed by atoms with Crippen molar-refractivity contribution in [2.24, 2.45) is 0 Å². The molecule has 1 aliphatic rings. The fourth-order valence-corrected chi connectivity index (χ4v) is 2.45. The Balaban J connectivity index is 2.44. The maximum Gasteiger partial charge on any atom is 0.334 e. The van der Waals surface area contributed by atoms with Crippen molar-refractivity contribution >= 4 is 28.3 Å². The number of aromatic amines is 1. The van der Waals surface area contributed by atoms with E-state index >= 15 is 0 Å². The summed E-state index contributed by atoms with van der Waals surface area (Å²) in [5.74, 6) is -0.813. The molecule has 0 aromatic carbocycles. The minimum Gasteiger partial charge on any atom is -0.375 e. The van der Waals surface area contributed by atoms with Crippen LogP contribution in [0.25, 0.3) is 16.7 Å². The third-order valence-electron chi connectivity index (χ3n) is 3.47. The minimum atomic E-state index is -0.813. The third-order valence-corrected chi connectivity index (χ3v) is 3.73. The highest BCUT2D eigenvalue weighted by atomic mass is 35.5. The standard InChI is InChI=1S/C14H12ClFN4O2/c1-7-3-4-19(2)6-10(7)20-12-8(13(21)18-14(20)22)5-9(16)11(15)17-12/h3,5-6H,4H2,1-2H3,(H,18,21,22). The molecule has 0 fully saturated rings. The summed E-state index contributed by atoms with van der Waals surface area (Å²) < 4.78 is 14.8. The molecule has 0 bridgehead atoms. The molecule has 1 N–H and O–H groups in total. The number of allylic oxidation sites excluding steroid dienone is 2. The van der Waals surface area contributed by atoms with E-state index in [1.807, 2.05) is 24.9 Å². The van der Waals surface area contributed by atoms with Crippen LogP contribution in [-0.2, 0) is 0 Å². The predicted octanol–water partition coefficient (Wildman–Crippen LogP) is 1.57. The molecule has 2 aromatic heterocycles. The van der Waals surface area contributed by atoms with Gasteiger partial charge in [-0.1, -0.05) is 17.7 Å². The third kappa shape index (κ3) is 2.23. The van der Waals surface area contributed by atoms with Gasteiger partial charge in [-0.15, -0.1) is 0 Å². The van der Waals surface area contributed by atoms with Gasteiger partial charge in [0.2, 0.25) is 0 Å². The van der Waals surface area contributed by atoms with Gasteiger partial charge in [0.1, 0.15) is 0 Å². The smallest absolute Gasteiger partial charge is 0.334 e.